The van der Waals surface area contributed by atoms with E-state index >= 15 is 0 Å². The van der Waals surface area contributed by atoms with Crippen molar-refractivity contribution in [2.45, 2.75) is 92.0 Å². The predicted octanol–water partition coefficient (Wildman–Crippen LogP) is 9.52. The van der Waals surface area contributed by atoms with Crippen LogP contribution >= 0.6 is 0 Å². The van der Waals surface area contributed by atoms with E-state index in [-0.39, 0.29) is 29.8 Å². The molecule has 0 fully saturated rings. The fourth-order valence-corrected chi connectivity index (χ4v) is 4.61. The monoisotopic (exact) mass is 585 g/mol. The van der Waals surface area contributed by atoms with Crippen molar-refractivity contribution >= 4 is 5.78 Å². The Bertz CT molecular complexity index is 1260. The number of halogens is 4. The second-order valence-corrected chi connectivity index (χ2v) is 10.1. The van der Waals surface area contributed by atoms with Crippen LogP contribution in [0.4, 0.5) is 17.6 Å². The third-order valence-corrected chi connectivity index (χ3v) is 6.70. The fraction of sp³-hybridized carbons (Fsp3) is 0.400. The van der Waals surface area contributed by atoms with Gasteiger partial charge in [-0.05, 0) is 48.6 Å². The van der Waals surface area contributed by atoms with Gasteiger partial charge in [-0.2, -0.15) is 13.2 Å². The van der Waals surface area contributed by atoms with Crippen molar-refractivity contribution in [1.82, 2.24) is 5.32 Å². The van der Waals surface area contributed by atoms with Gasteiger partial charge >= 0.3 is 6.18 Å². The molecule has 0 aromatic heterocycles. The lowest BCUT2D eigenvalue weighted by atomic mass is 10.1. The number of ketones is 1. The van der Waals surface area contributed by atoms with Crippen molar-refractivity contribution in [2.24, 2.45) is 0 Å². The number of ether oxygens (including phenoxy) is 1. The summed E-state index contributed by atoms with van der Waals surface area (Å²) in [7, 11) is 0. The molecule has 3 aromatic rings. The van der Waals surface area contributed by atoms with Gasteiger partial charge in [0.2, 0.25) is 0 Å². The van der Waals surface area contributed by atoms with E-state index < -0.39 is 17.6 Å². The molecule has 0 spiro atoms. The molecule has 0 heterocycles. The minimum atomic E-state index is -4.77. The number of hydrogen-bond acceptors (Lipinski definition) is 3. The van der Waals surface area contributed by atoms with E-state index in [2.05, 4.69) is 31.3 Å². The molecule has 4 rings (SSSR count). The van der Waals surface area contributed by atoms with Crippen molar-refractivity contribution in [3.63, 3.8) is 0 Å². The molecular formula is C35H43F4NO2. The quantitative estimate of drug-likeness (QED) is 0.111. The lowest BCUT2D eigenvalue weighted by Crippen LogP contribution is -2.23. The summed E-state index contributed by atoms with van der Waals surface area (Å²) in [6.07, 6.45) is -0.285. The molecule has 42 heavy (non-hydrogen) atoms. The largest absolute Gasteiger partial charge is 0.484 e. The van der Waals surface area contributed by atoms with Crippen LogP contribution in [0.25, 0.3) is 0 Å². The molecule has 1 aliphatic carbocycles. The molecule has 1 N–H and O–H groups in total. The summed E-state index contributed by atoms with van der Waals surface area (Å²) in [6, 6.07) is 21.2. The highest BCUT2D eigenvalue weighted by atomic mass is 19.4. The van der Waals surface area contributed by atoms with Gasteiger partial charge < -0.3 is 10.1 Å². The van der Waals surface area contributed by atoms with Gasteiger partial charge in [-0.3, -0.25) is 4.79 Å². The standard InChI is InChI=1S/C26H29F4NO2.C7H8.C2H6/c1-3-4-5-10-24(31-16-18-11-12-23(27)22(13-18)26(28,29)30)25(17(2)32)33-21-14-19-8-6-7-9-20(19)15-21;1-7-5-3-2-4-6-7;1-2/h6-9,11-13,21,31H,3-5,10,14-16H2,1-2H3;2-6H,1H3;1-2H3/b25-24-;;. The molecule has 0 aliphatic heterocycles. The van der Waals surface area contributed by atoms with Crippen molar-refractivity contribution in [3.8, 4) is 0 Å². The number of benzene rings is 3. The average Bonchev–Trinajstić information content (AvgIpc) is 3.38. The van der Waals surface area contributed by atoms with Crippen LogP contribution in [-0.2, 0) is 35.1 Å². The van der Waals surface area contributed by atoms with Gasteiger partial charge in [0.25, 0.3) is 0 Å². The maximum absolute atomic E-state index is 13.6. The van der Waals surface area contributed by atoms with Gasteiger partial charge in [-0.1, -0.05) is 99.8 Å². The van der Waals surface area contributed by atoms with Crippen molar-refractivity contribution in [1.29, 1.82) is 0 Å². The SMILES string of the molecule is CC.CCCCC/C(NCc1ccc(F)c(C(F)(F)F)c1)=C(/OC1Cc2ccccc2C1)C(C)=O.Cc1ccccc1. The number of Topliss-reactive ketones (excluding diaryl/α,β-unsaturated/α-hetero) is 1. The van der Waals surface area contributed by atoms with Crippen LogP contribution in [0.3, 0.4) is 0 Å². The Morgan fingerprint density at radius 2 is 1.52 bits per heavy atom. The Kier molecular flexibility index (Phi) is 14.3. The highest BCUT2D eigenvalue weighted by Gasteiger charge is 2.34. The molecule has 0 radical (unpaired) electrons. The summed E-state index contributed by atoms with van der Waals surface area (Å²) in [5, 5.41) is 3.11. The first-order chi connectivity index (χ1) is 20.1. The van der Waals surface area contributed by atoms with Crippen molar-refractivity contribution in [3.05, 3.63) is 118 Å². The molecule has 0 atom stereocenters. The number of nitrogens with one attached hydrogen (secondary N) is 1. The van der Waals surface area contributed by atoms with Gasteiger partial charge in [-0.15, -0.1) is 0 Å². The van der Waals surface area contributed by atoms with Crippen LogP contribution in [0.15, 0.2) is 84.3 Å². The van der Waals surface area contributed by atoms with Crippen LogP contribution < -0.4 is 5.32 Å². The summed E-state index contributed by atoms with van der Waals surface area (Å²) < 4.78 is 59.0. The van der Waals surface area contributed by atoms with Crippen LogP contribution in [-0.4, -0.2) is 11.9 Å². The van der Waals surface area contributed by atoms with Crippen LogP contribution in [0.1, 0.15) is 81.2 Å². The molecule has 0 saturated heterocycles. The number of fused-ring (bicyclic) bond motifs is 1. The molecule has 7 heteroatoms. The zero-order valence-electron chi connectivity index (χ0n) is 25.3. The number of allylic oxidation sites excluding steroid dienone is 2. The molecule has 228 valence electrons. The zero-order chi connectivity index (χ0) is 31.1. The lowest BCUT2D eigenvalue weighted by Gasteiger charge is -2.20. The molecule has 0 amide bonds. The highest BCUT2D eigenvalue weighted by molar-refractivity contribution is 5.92. The Morgan fingerprint density at radius 3 is 2.02 bits per heavy atom. The summed E-state index contributed by atoms with van der Waals surface area (Å²) in [5.74, 6) is -1.32. The Balaban J connectivity index is 0.000000590. The van der Waals surface area contributed by atoms with Crippen LogP contribution in [0.5, 0.6) is 0 Å². The third kappa shape index (κ3) is 11.0. The van der Waals surface area contributed by atoms with Gasteiger partial charge in [0.15, 0.2) is 11.5 Å². The number of aryl methyl sites for hydroxylation is 1. The molecular weight excluding hydrogens is 542 g/mol. The number of alkyl halides is 3. The smallest absolute Gasteiger partial charge is 0.419 e. The van der Waals surface area contributed by atoms with Gasteiger partial charge in [0, 0.05) is 26.3 Å². The maximum Gasteiger partial charge on any atom is 0.419 e. The number of unbranched alkanes of at least 4 members (excludes halogenated alkanes) is 2. The van der Waals surface area contributed by atoms with Crippen molar-refractivity contribution < 1.29 is 27.1 Å². The second kappa shape index (κ2) is 17.4. The fourth-order valence-electron chi connectivity index (χ4n) is 4.61. The number of carbonyl (C=O) groups excluding carboxylic acids is 1. The molecule has 0 saturated carbocycles. The van der Waals surface area contributed by atoms with E-state index in [1.807, 2.05) is 56.3 Å². The molecule has 0 bridgehead atoms. The van der Waals surface area contributed by atoms with Crippen LogP contribution in [0.2, 0.25) is 0 Å². The zero-order valence-corrected chi connectivity index (χ0v) is 25.3. The first kappa shape index (κ1) is 34.6. The summed E-state index contributed by atoms with van der Waals surface area (Å²) in [4.78, 5) is 12.5. The lowest BCUT2D eigenvalue weighted by molar-refractivity contribution is -0.140. The van der Waals surface area contributed by atoms with E-state index in [0.717, 1.165) is 31.4 Å². The number of hydrogen-bond donors (Lipinski definition) is 1. The van der Waals surface area contributed by atoms with Gasteiger partial charge in [-0.25, -0.2) is 4.39 Å². The summed E-state index contributed by atoms with van der Waals surface area (Å²) >= 11 is 0. The van der Waals surface area contributed by atoms with E-state index in [9.17, 15) is 22.4 Å². The minimum absolute atomic E-state index is 0.0237. The van der Waals surface area contributed by atoms with E-state index in [1.165, 1.54) is 29.7 Å². The molecule has 0 unspecified atom stereocenters. The topological polar surface area (TPSA) is 38.3 Å². The maximum atomic E-state index is 13.6. The van der Waals surface area contributed by atoms with Gasteiger partial charge in [0.05, 0.1) is 11.3 Å². The normalized spacial score (nSPS) is 13.1. The van der Waals surface area contributed by atoms with E-state index in [4.69, 9.17) is 4.74 Å². The van der Waals surface area contributed by atoms with E-state index in [0.29, 0.717) is 25.0 Å². The first-order valence-corrected chi connectivity index (χ1v) is 14.7. The third-order valence-electron chi connectivity index (χ3n) is 6.70. The molecule has 3 aromatic carbocycles. The highest BCUT2D eigenvalue weighted by Crippen LogP contribution is 2.32. The minimum Gasteiger partial charge on any atom is -0.484 e. The van der Waals surface area contributed by atoms with Gasteiger partial charge in [0.1, 0.15) is 11.9 Å². The van der Waals surface area contributed by atoms with Crippen molar-refractivity contribution in [2.75, 3.05) is 0 Å². The Morgan fingerprint density at radius 1 is 0.929 bits per heavy atom. The first-order valence-electron chi connectivity index (χ1n) is 14.7. The summed E-state index contributed by atoms with van der Waals surface area (Å²) in [5.41, 5.74) is 3.25. The predicted molar refractivity (Wildman–Crippen MR) is 161 cm³/mol. The average molecular weight is 586 g/mol. The Hall–Kier alpha value is -3.61. The molecule has 3 nitrogen and oxygen atoms in total. The number of rotatable bonds is 10. The second-order valence-electron chi connectivity index (χ2n) is 10.1. The number of carbonyl (C=O) groups is 1. The molecule has 1 aliphatic rings. The Labute approximate surface area is 248 Å². The van der Waals surface area contributed by atoms with Crippen LogP contribution in [0, 0.1) is 12.7 Å². The van der Waals surface area contributed by atoms with E-state index in [1.54, 1.807) is 0 Å². The summed E-state index contributed by atoms with van der Waals surface area (Å²) in [6.45, 7) is 9.60.